The Morgan fingerprint density at radius 3 is 2.22 bits per heavy atom. The van der Waals surface area contributed by atoms with E-state index in [2.05, 4.69) is 0 Å². The van der Waals surface area contributed by atoms with Gasteiger partial charge in [-0.25, -0.2) is 0 Å². The van der Waals surface area contributed by atoms with E-state index >= 15 is 0 Å². The van der Waals surface area contributed by atoms with Crippen molar-refractivity contribution >= 4 is 5.69 Å². The highest BCUT2D eigenvalue weighted by atomic mass is 16.5. The van der Waals surface area contributed by atoms with Gasteiger partial charge in [-0.1, -0.05) is 18.2 Å². The van der Waals surface area contributed by atoms with Crippen LogP contribution in [0.15, 0.2) is 48.5 Å². The Morgan fingerprint density at radius 1 is 0.889 bits per heavy atom. The van der Waals surface area contributed by atoms with Crippen LogP contribution in [-0.2, 0) is 0 Å². The van der Waals surface area contributed by atoms with E-state index in [9.17, 15) is 0 Å². The summed E-state index contributed by atoms with van der Waals surface area (Å²) in [5.74, 6) is 1.63. The first kappa shape index (κ1) is 12.3. The van der Waals surface area contributed by atoms with Gasteiger partial charge in [0.05, 0.1) is 0 Å². The molecule has 2 aromatic carbocycles. The molecule has 0 amide bonds. The van der Waals surface area contributed by atoms with E-state index < -0.39 is 0 Å². The standard InChI is InChI=1S/C15H17NO2/c1-12-9-13(16)11-15(10-12)18-8-7-17-14-5-3-2-4-6-14/h2-6,9-11H,7-8,16H2,1H3. The molecule has 0 unspecified atom stereocenters. The number of benzene rings is 2. The van der Waals surface area contributed by atoms with Crippen LogP contribution in [0.2, 0.25) is 0 Å². The molecule has 3 nitrogen and oxygen atoms in total. The van der Waals surface area contributed by atoms with Crippen molar-refractivity contribution in [3.05, 3.63) is 54.1 Å². The fourth-order valence-corrected chi connectivity index (χ4v) is 1.70. The lowest BCUT2D eigenvalue weighted by molar-refractivity contribution is 0.217. The predicted octanol–water partition coefficient (Wildman–Crippen LogP) is 3.04. The van der Waals surface area contributed by atoms with Crippen molar-refractivity contribution in [3.8, 4) is 11.5 Å². The summed E-state index contributed by atoms with van der Waals surface area (Å²) in [5, 5.41) is 0. The molecule has 0 saturated heterocycles. The van der Waals surface area contributed by atoms with Gasteiger partial charge in [-0.3, -0.25) is 0 Å². The van der Waals surface area contributed by atoms with E-state index in [1.807, 2.05) is 55.5 Å². The van der Waals surface area contributed by atoms with Gasteiger partial charge in [-0.05, 0) is 36.8 Å². The second-order valence-electron chi connectivity index (χ2n) is 4.09. The molecule has 0 spiro atoms. The van der Waals surface area contributed by atoms with Crippen molar-refractivity contribution < 1.29 is 9.47 Å². The van der Waals surface area contributed by atoms with E-state index in [0.717, 1.165) is 17.1 Å². The van der Waals surface area contributed by atoms with Crippen LogP contribution in [-0.4, -0.2) is 13.2 Å². The molecule has 3 heteroatoms. The summed E-state index contributed by atoms with van der Waals surface area (Å²) in [4.78, 5) is 0. The highest BCUT2D eigenvalue weighted by Crippen LogP contribution is 2.18. The van der Waals surface area contributed by atoms with Crippen molar-refractivity contribution in [1.29, 1.82) is 0 Å². The van der Waals surface area contributed by atoms with Gasteiger partial charge in [0, 0.05) is 11.8 Å². The molecule has 0 aliphatic heterocycles. The first-order chi connectivity index (χ1) is 8.74. The first-order valence-corrected chi connectivity index (χ1v) is 5.92. The Bertz CT molecular complexity index is 477. The van der Waals surface area contributed by atoms with E-state index in [1.165, 1.54) is 0 Å². The van der Waals surface area contributed by atoms with Crippen molar-refractivity contribution in [3.63, 3.8) is 0 Å². The van der Waals surface area contributed by atoms with Gasteiger partial charge in [0.15, 0.2) is 0 Å². The molecular formula is C15H17NO2. The Kier molecular flexibility index (Phi) is 4.07. The fraction of sp³-hybridized carbons (Fsp3) is 0.200. The van der Waals surface area contributed by atoms with Gasteiger partial charge in [-0.15, -0.1) is 0 Å². The number of nitrogen functional groups attached to an aromatic ring is 1. The molecule has 94 valence electrons. The SMILES string of the molecule is Cc1cc(N)cc(OCCOc2ccccc2)c1. The van der Waals surface area contributed by atoms with Crippen LogP contribution < -0.4 is 15.2 Å². The Balaban J connectivity index is 1.78. The maximum atomic E-state index is 5.74. The average Bonchev–Trinajstić information content (AvgIpc) is 2.35. The number of anilines is 1. The van der Waals surface area contributed by atoms with Gasteiger partial charge >= 0.3 is 0 Å². The molecule has 0 aromatic heterocycles. The van der Waals surface area contributed by atoms with Crippen LogP contribution in [0.1, 0.15) is 5.56 Å². The molecule has 0 radical (unpaired) electrons. The number of hydrogen-bond donors (Lipinski definition) is 1. The van der Waals surface area contributed by atoms with Crippen LogP contribution >= 0.6 is 0 Å². The molecule has 0 atom stereocenters. The lowest BCUT2D eigenvalue weighted by Gasteiger charge is -2.09. The fourth-order valence-electron chi connectivity index (χ4n) is 1.70. The average molecular weight is 243 g/mol. The number of aryl methyl sites for hydroxylation is 1. The molecule has 2 aromatic rings. The summed E-state index contributed by atoms with van der Waals surface area (Å²) in [6, 6.07) is 15.4. The summed E-state index contributed by atoms with van der Waals surface area (Å²) >= 11 is 0. The Morgan fingerprint density at radius 2 is 1.56 bits per heavy atom. The minimum atomic E-state index is 0.498. The number of hydrogen-bond acceptors (Lipinski definition) is 3. The molecule has 0 aliphatic carbocycles. The molecule has 0 aliphatic rings. The van der Waals surface area contributed by atoms with Crippen LogP contribution in [0.25, 0.3) is 0 Å². The van der Waals surface area contributed by atoms with Crippen LogP contribution in [0, 0.1) is 6.92 Å². The number of rotatable bonds is 5. The third kappa shape index (κ3) is 3.70. The maximum absolute atomic E-state index is 5.74. The van der Waals surface area contributed by atoms with Crippen molar-refractivity contribution in [2.24, 2.45) is 0 Å². The number of para-hydroxylation sites is 1. The van der Waals surface area contributed by atoms with Crippen LogP contribution in [0.3, 0.4) is 0 Å². The number of nitrogens with two attached hydrogens (primary N) is 1. The zero-order valence-corrected chi connectivity index (χ0v) is 10.4. The van der Waals surface area contributed by atoms with Gasteiger partial charge in [0.25, 0.3) is 0 Å². The zero-order chi connectivity index (χ0) is 12.8. The number of ether oxygens (including phenoxy) is 2. The topological polar surface area (TPSA) is 44.5 Å². The van der Waals surface area contributed by atoms with Crippen molar-refractivity contribution in [2.45, 2.75) is 6.92 Å². The molecule has 2 N–H and O–H groups in total. The van der Waals surface area contributed by atoms with Gasteiger partial charge in [0.2, 0.25) is 0 Å². The molecule has 0 saturated carbocycles. The van der Waals surface area contributed by atoms with Gasteiger partial charge < -0.3 is 15.2 Å². The third-order valence-corrected chi connectivity index (χ3v) is 2.44. The summed E-state index contributed by atoms with van der Waals surface area (Å²) < 4.78 is 11.1. The smallest absolute Gasteiger partial charge is 0.122 e. The highest BCUT2D eigenvalue weighted by molar-refractivity contribution is 5.47. The Labute approximate surface area is 107 Å². The maximum Gasteiger partial charge on any atom is 0.122 e. The summed E-state index contributed by atoms with van der Waals surface area (Å²) in [6.45, 7) is 3.00. The van der Waals surface area contributed by atoms with Crippen molar-refractivity contribution in [1.82, 2.24) is 0 Å². The van der Waals surface area contributed by atoms with E-state index in [-0.39, 0.29) is 0 Å². The lowest BCUT2D eigenvalue weighted by atomic mass is 10.2. The molecule has 2 rings (SSSR count). The van der Waals surface area contributed by atoms with E-state index in [0.29, 0.717) is 18.9 Å². The van der Waals surface area contributed by atoms with Gasteiger partial charge in [0.1, 0.15) is 24.7 Å². The minimum absolute atomic E-state index is 0.498. The van der Waals surface area contributed by atoms with E-state index in [4.69, 9.17) is 15.2 Å². The van der Waals surface area contributed by atoms with Crippen LogP contribution in [0.5, 0.6) is 11.5 Å². The van der Waals surface area contributed by atoms with Crippen molar-refractivity contribution in [2.75, 3.05) is 18.9 Å². The van der Waals surface area contributed by atoms with Crippen LogP contribution in [0.4, 0.5) is 5.69 Å². The monoisotopic (exact) mass is 243 g/mol. The molecule has 0 heterocycles. The largest absolute Gasteiger partial charge is 0.490 e. The summed E-state index contributed by atoms with van der Waals surface area (Å²) in [7, 11) is 0. The first-order valence-electron chi connectivity index (χ1n) is 5.92. The molecular weight excluding hydrogens is 226 g/mol. The molecule has 18 heavy (non-hydrogen) atoms. The Hall–Kier alpha value is -2.16. The normalized spacial score (nSPS) is 10.1. The quantitative estimate of drug-likeness (QED) is 0.648. The van der Waals surface area contributed by atoms with E-state index in [1.54, 1.807) is 0 Å². The second-order valence-corrected chi connectivity index (χ2v) is 4.09. The van der Waals surface area contributed by atoms with Gasteiger partial charge in [-0.2, -0.15) is 0 Å². The molecule has 0 bridgehead atoms. The lowest BCUT2D eigenvalue weighted by Crippen LogP contribution is -2.09. The third-order valence-electron chi connectivity index (χ3n) is 2.44. The second kappa shape index (κ2) is 5.96. The zero-order valence-electron chi connectivity index (χ0n) is 10.4. The highest BCUT2D eigenvalue weighted by Gasteiger charge is 1.98. The summed E-state index contributed by atoms with van der Waals surface area (Å²) in [5.41, 5.74) is 7.55. The summed E-state index contributed by atoms with van der Waals surface area (Å²) in [6.07, 6.45) is 0. The minimum Gasteiger partial charge on any atom is -0.490 e. The molecule has 0 fully saturated rings. The predicted molar refractivity (Wildman–Crippen MR) is 73.0 cm³/mol.